The number of aromatic nitrogens is 3. The summed E-state index contributed by atoms with van der Waals surface area (Å²) in [7, 11) is 1.86. The molecule has 0 amide bonds. The van der Waals surface area contributed by atoms with Crippen molar-refractivity contribution in [3.63, 3.8) is 0 Å². The van der Waals surface area contributed by atoms with Crippen LogP contribution in [0.15, 0.2) is 39.7 Å². The molecule has 3 aromatic rings. The van der Waals surface area contributed by atoms with Gasteiger partial charge in [0.05, 0.1) is 11.1 Å². The molecule has 0 saturated carbocycles. The fourth-order valence-corrected chi connectivity index (χ4v) is 2.18. The largest absolute Gasteiger partial charge is 0.387 e. The van der Waals surface area contributed by atoms with Crippen molar-refractivity contribution in [3.8, 4) is 23.0 Å². The number of hydrogen-bond donors (Lipinski definition) is 1. The molecule has 1 N–H and O–H groups in total. The summed E-state index contributed by atoms with van der Waals surface area (Å²) in [5.41, 5.74) is 4.31. The molecule has 0 saturated heterocycles. The molecule has 0 aliphatic rings. The predicted molar refractivity (Wildman–Crippen MR) is 70.4 cm³/mol. The third kappa shape index (κ3) is 1.86. The first-order valence-electron chi connectivity index (χ1n) is 5.38. The lowest BCUT2D eigenvalue weighted by atomic mass is 10.2. The van der Waals surface area contributed by atoms with Crippen molar-refractivity contribution in [2.24, 2.45) is 0 Å². The summed E-state index contributed by atoms with van der Waals surface area (Å²) >= 11 is 1.50. The van der Waals surface area contributed by atoms with E-state index in [0.29, 0.717) is 11.7 Å². The Balaban J connectivity index is 2.03. The number of thiazole rings is 1. The van der Waals surface area contributed by atoms with E-state index in [1.54, 1.807) is 5.51 Å². The summed E-state index contributed by atoms with van der Waals surface area (Å²) in [6.45, 7) is 0. The molecule has 0 bridgehead atoms. The lowest BCUT2D eigenvalue weighted by Gasteiger charge is -2.03. The monoisotopic (exact) mass is 258 g/mol. The maximum Gasteiger partial charge on any atom is 0.260 e. The Kier molecular flexibility index (Phi) is 2.77. The molecule has 0 spiro atoms. The van der Waals surface area contributed by atoms with E-state index < -0.39 is 0 Å². The van der Waals surface area contributed by atoms with Gasteiger partial charge in [-0.1, -0.05) is 17.3 Å². The third-order valence-corrected chi connectivity index (χ3v) is 3.10. The van der Waals surface area contributed by atoms with Crippen LogP contribution in [0.1, 0.15) is 0 Å². The minimum atomic E-state index is 0.489. The molecule has 90 valence electrons. The highest BCUT2D eigenvalue weighted by Crippen LogP contribution is 2.27. The van der Waals surface area contributed by atoms with E-state index in [0.717, 1.165) is 16.9 Å². The molecule has 0 unspecified atom stereocenters. The number of anilines is 1. The van der Waals surface area contributed by atoms with Crippen LogP contribution in [0.5, 0.6) is 0 Å². The normalized spacial score (nSPS) is 10.5. The van der Waals surface area contributed by atoms with Crippen molar-refractivity contribution >= 4 is 17.0 Å². The molecule has 0 atom stereocenters. The molecule has 5 nitrogen and oxygen atoms in total. The second-order valence-corrected chi connectivity index (χ2v) is 4.31. The first kappa shape index (κ1) is 10.9. The maximum atomic E-state index is 5.28. The van der Waals surface area contributed by atoms with Gasteiger partial charge in [-0.15, -0.1) is 11.3 Å². The van der Waals surface area contributed by atoms with Gasteiger partial charge >= 0.3 is 0 Å². The zero-order valence-corrected chi connectivity index (χ0v) is 10.4. The molecule has 0 aliphatic carbocycles. The number of rotatable bonds is 3. The van der Waals surface area contributed by atoms with Crippen LogP contribution < -0.4 is 5.32 Å². The first-order valence-corrected chi connectivity index (χ1v) is 6.32. The minimum absolute atomic E-state index is 0.489. The van der Waals surface area contributed by atoms with Gasteiger partial charge in [-0.25, -0.2) is 4.98 Å². The van der Waals surface area contributed by atoms with Crippen LogP contribution in [-0.4, -0.2) is 22.2 Å². The van der Waals surface area contributed by atoms with E-state index in [4.69, 9.17) is 4.52 Å². The van der Waals surface area contributed by atoms with Gasteiger partial charge in [0, 0.05) is 18.1 Å². The van der Waals surface area contributed by atoms with Gasteiger partial charge in [-0.3, -0.25) is 0 Å². The third-order valence-electron chi connectivity index (χ3n) is 2.51. The van der Waals surface area contributed by atoms with Gasteiger partial charge in [-0.2, -0.15) is 4.98 Å². The fourth-order valence-electron chi connectivity index (χ4n) is 1.65. The Hall–Kier alpha value is -2.21. The van der Waals surface area contributed by atoms with Gasteiger partial charge < -0.3 is 9.84 Å². The first-order chi connectivity index (χ1) is 8.88. The second kappa shape index (κ2) is 4.58. The Morgan fingerprint density at radius 1 is 1.28 bits per heavy atom. The van der Waals surface area contributed by atoms with Crippen LogP contribution in [-0.2, 0) is 0 Å². The maximum absolute atomic E-state index is 5.28. The van der Waals surface area contributed by atoms with Crippen LogP contribution in [0.3, 0.4) is 0 Å². The molecule has 0 aliphatic heterocycles. The molecule has 2 heterocycles. The van der Waals surface area contributed by atoms with Crippen molar-refractivity contribution in [1.82, 2.24) is 15.1 Å². The summed E-state index contributed by atoms with van der Waals surface area (Å²) in [4.78, 5) is 8.51. The van der Waals surface area contributed by atoms with Crippen molar-refractivity contribution in [1.29, 1.82) is 0 Å². The molecule has 0 fully saturated rings. The van der Waals surface area contributed by atoms with E-state index in [1.807, 2.05) is 36.7 Å². The molecule has 1 aromatic carbocycles. The molecular weight excluding hydrogens is 248 g/mol. The molecule has 6 heteroatoms. The fraction of sp³-hybridized carbons (Fsp3) is 0.0833. The highest BCUT2D eigenvalue weighted by Gasteiger charge is 2.13. The zero-order chi connectivity index (χ0) is 12.4. The van der Waals surface area contributed by atoms with Gasteiger partial charge in [0.2, 0.25) is 5.82 Å². The minimum Gasteiger partial charge on any atom is -0.387 e. The highest BCUT2D eigenvalue weighted by molar-refractivity contribution is 7.07. The van der Waals surface area contributed by atoms with E-state index in [9.17, 15) is 0 Å². The SMILES string of the molecule is CNc1ccccc1-c1nc(-c2cscn2)no1. The summed E-state index contributed by atoms with van der Waals surface area (Å²) in [6, 6.07) is 7.78. The summed E-state index contributed by atoms with van der Waals surface area (Å²) < 4.78 is 5.28. The number of nitrogens with one attached hydrogen (secondary N) is 1. The molecule has 0 radical (unpaired) electrons. The highest BCUT2D eigenvalue weighted by atomic mass is 32.1. The van der Waals surface area contributed by atoms with Crippen molar-refractivity contribution < 1.29 is 4.52 Å². The summed E-state index contributed by atoms with van der Waals surface area (Å²) in [5, 5.41) is 8.92. The van der Waals surface area contributed by atoms with Crippen molar-refractivity contribution in [3.05, 3.63) is 35.2 Å². The van der Waals surface area contributed by atoms with E-state index in [2.05, 4.69) is 20.4 Å². The number of hydrogen-bond acceptors (Lipinski definition) is 6. The van der Waals surface area contributed by atoms with Crippen LogP contribution >= 0.6 is 11.3 Å². The Labute approximate surface area is 108 Å². The average Bonchev–Trinajstić information content (AvgIpc) is 3.09. The predicted octanol–water partition coefficient (Wildman–Crippen LogP) is 2.90. The van der Waals surface area contributed by atoms with Crippen LogP contribution in [0.25, 0.3) is 23.0 Å². The summed E-state index contributed by atoms with van der Waals surface area (Å²) in [5.74, 6) is 1.00. The number of para-hydroxylation sites is 1. The second-order valence-electron chi connectivity index (χ2n) is 3.59. The smallest absolute Gasteiger partial charge is 0.260 e. The Morgan fingerprint density at radius 2 is 2.17 bits per heavy atom. The lowest BCUT2D eigenvalue weighted by molar-refractivity contribution is 0.432. The van der Waals surface area contributed by atoms with E-state index in [-0.39, 0.29) is 0 Å². The van der Waals surface area contributed by atoms with Crippen LogP contribution in [0.4, 0.5) is 5.69 Å². The van der Waals surface area contributed by atoms with Gasteiger partial charge in [0.25, 0.3) is 5.89 Å². The topological polar surface area (TPSA) is 63.8 Å². The molecule has 3 rings (SSSR count). The van der Waals surface area contributed by atoms with Crippen LogP contribution in [0, 0.1) is 0 Å². The Morgan fingerprint density at radius 3 is 2.94 bits per heavy atom. The molecular formula is C12H10N4OS. The standard InChI is InChI=1S/C12H10N4OS/c1-13-9-5-3-2-4-8(9)12-15-11(16-17-12)10-6-18-7-14-10/h2-7,13H,1H3. The van der Waals surface area contributed by atoms with Crippen molar-refractivity contribution in [2.75, 3.05) is 12.4 Å². The number of nitrogens with zero attached hydrogens (tertiary/aromatic N) is 3. The van der Waals surface area contributed by atoms with Crippen molar-refractivity contribution in [2.45, 2.75) is 0 Å². The van der Waals surface area contributed by atoms with Gasteiger partial charge in [0.1, 0.15) is 5.69 Å². The molecule has 18 heavy (non-hydrogen) atoms. The van der Waals surface area contributed by atoms with E-state index in [1.165, 1.54) is 11.3 Å². The average molecular weight is 258 g/mol. The Bertz CT molecular complexity index is 648. The zero-order valence-electron chi connectivity index (χ0n) is 9.62. The van der Waals surface area contributed by atoms with Gasteiger partial charge in [-0.05, 0) is 12.1 Å². The number of benzene rings is 1. The van der Waals surface area contributed by atoms with Gasteiger partial charge in [0.15, 0.2) is 0 Å². The van der Waals surface area contributed by atoms with E-state index >= 15 is 0 Å². The quantitative estimate of drug-likeness (QED) is 0.782. The summed E-state index contributed by atoms with van der Waals surface area (Å²) in [6.07, 6.45) is 0. The van der Waals surface area contributed by atoms with Crippen LogP contribution in [0.2, 0.25) is 0 Å². The lowest BCUT2D eigenvalue weighted by Crippen LogP contribution is -1.91. The molecule has 2 aromatic heterocycles.